The second kappa shape index (κ2) is 8.46. The molecule has 0 bridgehead atoms. The quantitative estimate of drug-likeness (QED) is 0.589. The molecule has 0 spiro atoms. The zero-order chi connectivity index (χ0) is 11.0. The van der Waals surface area contributed by atoms with E-state index in [-0.39, 0.29) is 6.40 Å². The molecular formula is C11H26SSn. The van der Waals surface area contributed by atoms with Crippen LogP contribution in [0.3, 0.4) is 0 Å². The summed E-state index contributed by atoms with van der Waals surface area (Å²) in [7, 11) is 0. The first-order chi connectivity index (χ1) is 6.64. The molecule has 0 aromatic heterocycles. The van der Waals surface area contributed by atoms with Crippen molar-refractivity contribution in [2.75, 3.05) is 11.5 Å². The maximum absolute atomic E-state index is 8.07. The van der Waals surface area contributed by atoms with Crippen molar-refractivity contribution in [3.8, 4) is 0 Å². The van der Waals surface area contributed by atoms with Crippen molar-refractivity contribution < 1.29 is 1.37 Å². The molecule has 0 saturated heterocycles. The van der Waals surface area contributed by atoms with Crippen LogP contribution in [0.2, 0.25) is 17.7 Å². The summed E-state index contributed by atoms with van der Waals surface area (Å²) in [5.41, 5.74) is 0. The Bertz CT molecular complexity index is 129. The van der Waals surface area contributed by atoms with Crippen molar-refractivity contribution in [1.82, 2.24) is 0 Å². The molecule has 0 fully saturated rings. The van der Waals surface area contributed by atoms with E-state index in [2.05, 4.69) is 27.7 Å². The first-order valence-electron chi connectivity index (χ1n) is 6.21. The molecule has 0 aliphatic heterocycles. The van der Waals surface area contributed by atoms with Gasteiger partial charge in [-0.2, -0.15) is 0 Å². The van der Waals surface area contributed by atoms with Crippen LogP contribution in [0.5, 0.6) is 0 Å². The molecule has 0 heterocycles. The molecule has 0 aromatic rings. The van der Waals surface area contributed by atoms with Gasteiger partial charge in [-0.3, -0.25) is 0 Å². The van der Waals surface area contributed by atoms with Crippen LogP contribution in [-0.2, 0) is 0 Å². The second-order valence-corrected chi connectivity index (χ2v) is 20.8. The first-order valence-corrected chi connectivity index (χ1v) is 14.9. The van der Waals surface area contributed by atoms with Crippen molar-refractivity contribution in [2.45, 2.75) is 51.8 Å². The molecule has 2 heteroatoms. The van der Waals surface area contributed by atoms with E-state index in [1.807, 2.05) is 11.8 Å². The average Bonchev–Trinajstić information content (AvgIpc) is 2.23. The molecule has 0 saturated carbocycles. The van der Waals surface area contributed by atoms with E-state index in [1.54, 1.807) is 0 Å². The van der Waals surface area contributed by atoms with Gasteiger partial charge < -0.3 is 0 Å². The predicted octanol–water partition coefficient (Wildman–Crippen LogP) is 4.64. The molecule has 0 rings (SSSR count). The summed E-state index contributed by atoms with van der Waals surface area (Å²) in [6.45, 7) is 9.28. The van der Waals surface area contributed by atoms with Gasteiger partial charge in [-0.25, -0.2) is 0 Å². The second-order valence-electron chi connectivity index (χ2n) is 3.71. The van der Waals surface area contributed by atoms with Crippen molar-refractivity contribution in [3.05, 3.63) is 0 Å². The Morgan fingerprint density at radius 2 is 1.62 bits per heavy atom. The van der Waals surface area contributed by atoms with Crippen LogP contribution in [0.25, 0.3) is 0 Å². The third-order valence-electron chi connectivity index (χ3n) is 3.27. The van der Waals surface area contributed by atoms with Gasteiger partial charge in [-0.15, -0.1) is 0 Å². The number of rotatable bonds is 8. The zero-order valence-corrected chi connectivity index (χ0v) is 13.4. The molecule has 0 aromatic carbocycles. The van der Waals surface area contributed by atoms with Gasteiger partial charge >= 0.3 is 94.9 Å². The summed E-state index contributed by atoms with van der Waals surface area (Å²) in [4.78, 5) is 0. The van der Waals surface area contributed by atoms with E-state index in [0.717, 1.165) is 5.75 Å². The summed E-state index contributed by atoms with van der Waals surface area (Å²) >= 11 is 0.147. The number of hydrogen-bond donors (Lipinski definition) is 0. The molecule has 0 amide bonds. The molecular weight excluding hydrogens is 283 g/mol. The molecule has 0 N–H and O–H groups in total. The maximum atomic E-state index is 8.07. The molecule has 80 valence electrons. The Morgan fingerprint density at radius 1 is 1.08 bits per heavy atom. The van der Waals surface area contributed by atoms with E-state index < -0.39 is 18.4 Å². The molecule has 0 nitrogen and oxygen atoms in total. The van der Waals surface area contributed by atoms with Crippen LogP contribution in [0.4, 0.5) is 0 Å². The Kier molecular flexibility index (Phi) is 7.95. The molecule has 1 unspecified atom stereocenters. The van der Waals surface area contributed by atoms with Crippen LogP contribution in [0.15, 0.2) is 0 Å². The van der Waals surface area contributed by atoms with Gasteiger partial charge in [0.25, 0.3) is 0 Å². The van der Waals surface area contributed by atoms with Crippen molar-refractivity contribution in [1.29, 1.82) is 0 Å². The van der Waals surface area contributed by atoms with E-state index in [4.69, 9.17) is 1.37 Å². The minimum atomic E-state index is -1.79. The van der Waals surface area contributed by atoms with E-state index >= 15 is 0 Å². The Morgan fingerprint density at radius 3 is 2.00 bits per heavy atom. The van der Waals surface area contributed by atoms with Crippen molar-refractivity contribution >= 4 is 30.1 Å². The SMILES string of the molecule is [2H]C(CSCC)[CH2][Sn]([CH2]C)([CH2]C)[CH2]C. The molecule has 0 aliphatic rings. The van der Waals surface area contributed by atoms with Crippen LogP contribution < -0.4 is 0 Å². The van der Waals surface area contributed by atoms with Gasteiger partial charge in [0.05, 0.1) is 0 Å². The summed E-state index contributed by atoms with van der Waals surface area (Å²) in [6, 6.07) is 0. The standard InChI is InChI=1S/C5H11S.3C2H5.Sn/c1-3-5-6-4-2;3*1-2;/h1,3-5H2,2H3;3*1H2,2H3;/i3D;;;;. The Hall–Kier alpha value is 1.15. The van der Waals surface area contributed by atoms with E-state index in [9.17, 15) is 0 Å². The van der Waals surface area contributed by atoms with Crippen LogP contribution >= 0.6 is 11.8 Å². The zero-order valence-electron chi connectivity index (χ0n) is 10.7. The summed E-state index contributed by atoms with van der Waals surface area (Å²) in [5, 5.41) is 0. The monoisotopic (exact) mass is 311 g/mol. The average molecular weight is 310 g/mol. The topological polar surface area (TPSA) is 0 Å². The van der Waals surface area contributed by atoms with E-state index in [1.165, 1.54) is 23.5 Å². The fraction of sp³-hybridized carbons (Fsp3) is 1.00. The van der Waals surface area contributed by atoms with E-state index in [0.29, 0.717) is 0 Å². The fourth-order valence-electron chi connectivity index (χ4n) is 1.75. The fourth-order valence-corrected chi connectivity index (χ4v) is 11.8. The normalized spacial score (nSPS) is 15.5. The molecule has 13 heavy (non-hydrogen) atoms. The van der Waals surface area contributed by atoms with Gasteiger partial charge in [-0.05, 0) is 0 Å². The molecule has 1 atom stereocenters. The Balaban J connectivity index is 4.01. The molecule has 0 radical (unpaired) electrons. The van der Waals surface area contributed by atoms with Crippen LogP contribution in [0, 0.1) is 0 Å². The van der Waals surface area contributed by atoms with Crippen LogP contribution in [0.1, 0.15) is 35.5 Å². The minimum absolute atomic E-state index is 0.232. The van der Waals surface area contributed by atoms with Gasteiger partial charge in [0, 0.05) is 0 Å². The first kappa shape index (κ1) is 12.2. The van der Waals surface area contributed by atoms with Gasteiger partial charge in [0.1, 0.15) is 0 Å². The predicted molar refractivity (Wildman–Crippen MR) is 69.6 cm³/mol. The van der Waals surface area contributed by atoms with Gasteiger partial charge in [0.2, 0.25) is 0 Å². The van der Waals surface area contributed by atoms with Crippen molar-refractivity contribution in [3.63, 3.8) is 0 Å². The van der Waals surface area contributed by atoms with Crippen molar-refractivity contribution in [2.24, 2.45) is 0 Å². The van der Waals surface area contributed by atoms with Crippen LogP contribution in [-0.4, -0.2) is 29.9 Å². The third-order valence-corrected chi connectivity index (χ3v) is 20.3. The number of hydrogen-bond acceptors (Lipinski definition) is 1. The Labute approximate surface area is 94.5 Å². The van der Waals surface area contributed by atoms with Gasteiger partial charge in [-0.1, -0.05) is 0 Å². The summed E-state index contributed by atoms with van der Waals surface area (Å²) in [5.74, 6) is 2.23. The summed E-state index contributed by atoms with van der Waals surface area (Å²) < 4.78 is 13.7. The number of thioether (sulfide) groups is 1. The third kappa shape index (κ3) is 5.56. The summed E-state index contributed by atoms with van der Waals surface area (Å²) in [6.07, 6.45) is 0.232. The molecule has 0 aliphatic carbocycles. The van der Waals surface area contributed by atoms with Gasteiger partial charge in [0.15, 0.2) is 0 Å².